The molecule has 1 N–H and O–H groups in total. The van der Waals surface area contributed by atoms with Gasteiger partial charge in [-0.15, -0.1) is 0 Å². The molecule has 0 saturated heterocycles. The molecule has 1 aliphatic rings. The van der Waals surface area contributed by atoms with E-state index in [1.54, 1.807) is 50.8 Å². The highest BCUT2D eigenvalue weighted by Gasteiger charge is 2.32. The van der Waals surface area contributed by atoms with E-state index < -0.39 is 11.7 Å². The predicted octanol–water partition coefficient (Wildman–Crippen LogP) is 3.72. The summed E-state index contributed by atoms with van der Waals surface area (Å²) in [4.78, 5) is 24.6. The van der Waals surface area contributed by atoms with E-state index in [9.17, 15) is 9.59 Å². The van der Waals surface area contributed by atoms with Gasteiger partial charge < -0.3 is 14.0 Å². The number of ether oxygens (including phenoxy) is 2. The molecule has 1 fully saturated rings. The molecule has 6 heteroatoms. The fourth-order valence-electron chi connectivity index (χ4n) is 3.00. The summed E-state index contributed by atoms with van der Waals surface area (Å²) in [6.45, 7) is 7.45. The molecular formula is C18H28N2O4. The number of hydrogen-bond donors (Lipinski definition) is 1. The van der Waals surface area contributed by atoms with Gasteiger partial charge in [-0.05, 0) is 65.5 Å². The zero-order valence-corrected chi connectivity index (χ0v) is 15.2. The Kier molecular flexibility index (Phi) is 5.38. The standard InChI is InChI=1S/C18H28N2O4/c1-17(2,3)24-16(22)19-14-7-6-12-20(15(14)21)13-8-10-18(4,23-5)11-9-13/h6-7,12-13H,8-11H2,1-5H3,(H,19,22). The van der Waals surface area contributed by atoms with Crippen LogP contribution in [0.5, 0.6) is 0 Å². The number of anilines is 1. The predicted molar refractivity (Wildman–Crippen MR) is 93.5 cm³/mol. The zero-order valence-electron chi connectivity index (χ0n) is 15.2. The van der Waals surface area contributed by atoms with Gasteiger partial charge in [-0.3, -0.25) is 10.1 Å². The van der Waals surface area contributed by atoms with E-state index in [0.717, 1.165) is 25.7 Å². The van der Waals surface area contributed by atoms with Gasteiger partial charge in [0, 0.05) is 19.3 Å². The lowest BCUT2D eigenvalue weighted by Gasteiger charge is -2.36. The molecule has 1 heterocycles. The summed E-state index contributed by atoms with van der Waals surface area (Å²) in [6, 6.07) is 3.50. The molecule has 1 saturated carbocycles. The van der Waals surface area contributed by atoms with Crippen LogP contribution in [0.15, 0.2) is 23.1 Å². The largest absolute Gasteiger partial charge is 0.444 e. The summed E-state index contributed by atoms with van der Waals surface area (Å²) < 4.78 is 12.5. The van der Waals surface area contributed by atoms with Gasteiger partial charge in [-0.1, -0.05) is 0 Å². The van der Waals surface area contributed by atoms with Crippen molar-refractivity contribution < 1.29 is 14.3 Å². The van der Waals surface area contributed by atoms with Crippen LogP contribution >= 0.6 is 0 Å². The fraction of sp³-hybridized carbons (Fsp3) is 0.667. The number of amides is 1. The molecule has 1 amide bonds. The maximum Gasteiger partial charge on any atom is 0.412 e. The van der Waals surface area contributed by atoms with Crippen molar-refractivity contribution in [1.82, 2.24) is 4.57 Å². The second-order valence-electron chi connectivity index (χ2n) is 7.65. The van der Waals surface area contributed by atoms with Crippen molar-refractivity contribution in [1.29, 1.82) is 0 Å². The Morgan fingerprint density at radius 2 is 1.96 bits per heavy atom. The first-order chi connectivity index (χ1) is 11.1. The first-order valence-electron chi connectivity index (χ1n) is 8.40. The summed E-state index contributed by atoms with van der Waals surface area (Å²) in [5, 5.41) is 2.55. The van der Waals surface area contributed by atoms with Crippen molar-refractivity contribution in [2.75, 3.05) is 12.4 Å². The summed E-state index contributed by atoms with van der Waals surface area (Å²) in [5.74, 6) is 0. The van der Waals surface area contributed by atoms with E-state index in [1.165, 1.54) is 0 Å². The number of nitrogens with zero attached hydrogens (tertiary/aromatic N) is 1. The molecule has 2 rings (SSSR count). The Balaban J connectivity index is 2.11. The van der Waals surface area contributed by atoms with E-state index in [0.29, 0.717) is 0 Å². The molecule has 24 heavy (non-hydrogen) atoms. The number of carbonyl (C=O) groups is 1. The summed E-state index contributed by atoms with van der Waals surface area (Å²) in [6.07, 6.45) is 4.73. The van der Waals surface area contributed by atoms with Crippen molar-refractivity contribution >= 4 is 11.8 Å². The Bertz CT molecular complexity index is 637. The molecule has 0 bridgehead atoms. The highest BCUT2D eigenvalue weighted by atomic mass is 16.6. The fourth-order valence-corrected chi connectivity index (χ4v) is 3.00. The Morgan fingerprint density at radius 1 is 1.33 bits per heavy atom. The summed E-state index contributed by atoms with van der Waals surface area (Å²) >= 11 is 0. The first kappa shape index (κ1) is 18.5. The molecule has 1 aliphatic carbocycles. The number of methoxy groups -OCH3 is 1. The van der Waals surface area contributed by atoms with Crippen LogP contribution in [0, 0.1) is 0 Å². The summed E-state index contributed by atoms with van der Waals surface area (Å²) in [7, 11) is 1.73. The Morgan fingerprint density at radius 3 is 2.50 bits per heavy atom. The molecular weight excluding hydrogens is 308 g/mol. The van der Waals surface area contributed by atoms with E-state index in [-0.39, 0.29) is 22.9 Å². The van der Waals surface area contributed by atoms with Gasteiger partial charge in [-0.25, -0.2) is 4.79 Å². The molecule has 1 aromatic heterocycles. The molecule has 0 atom stereocenters. The van der Waals surface area contributed by atoms with Gasteiger partial charge in [0.25, 0.3) is 5.56 Å². The van der Waals surface area contributed by atoms with Crippen molar-refractivity contribution in [2.45, 2.75) is 70.6 Å². The van der Waals surface area contributed by atoms with Gasteiger partial charge >= 0.3 is 6.09 Å². The quantitative estimate of drug-likeness (QED) is 0.913. The van der Waals surface area contributed by atoms with Crippen molar-refractivity contribution in [2.24, 2.45) is 0 Å². The normalized spacial score (nSPS) is 24.5. The Hall–Kier alpha value is -1.82. The van der Waals surface area contributed by atoms with Crippen molar-refractivity contribution in [3.05, 3.63) is 28.7 Å². The van der Waals surface area contributed by atoms with Crippen LogP contribution in [0.4, 0.5) is 10.5 Å². The third-order valence-electron chi connectivity index (χ3n) is 4.51. The lowest BCUT2D eigenvalue weighted by molar-refractivity contribution is -0.0324. The maximum absolute atomic E-state index is 12.7. The van der Waals surface area contributed by atoms with Crippen LogP contribution in [-0.2, 0) is 9.47 Å². The van der Waals surface area contributed by atoms with Crippen molar-refractivity contribution in [3.63, 3.8) is 0 Å². The topological polar surface area (TPSA) is 69.6 Å². The Labute approximate surface area is 143 Å². The smallest absolute Gasteiger partial charge is 0.412 e. The van der Waals surface area contributed by atoms with Crippen molar-refractivity contribution in [3.8, 4) is 0 Å². The first-order valence-corrected chi connectivity index (χ1v) is 8.40. The minimum atomic E-state index is -0.618. The zero-order chi connectivity index (χ0) is 18.0. The average Bonchev–Trinajstić information content (AvgIpc) is 2.49. The van der Waals surface area contributed by atoms with Crippen LogP contribution in [0.25, 0.3) is 0 Å². The molecule has 6 nitrogen and oxygen atoms in total. The lowest BCUT2D eigenvalue weighted by Crippen LogP contribution is -2.37. The van der Waals surface area contributed by atoms with Gasteiger partial charge in [0.05, 0.1) is 5.60 Å². The summed E-state index contributed by atoms with van der Waals surface area (Å²) in [5.41, 5.74) is -0.667. The van der Waals surface area contributed by atoms with Gasteiger partial charge in [0.15, 0.2) is 0 Å². The minimum Gasteiger partial charge on any atom is -0.444 e. The van der Waals surface area contributed by atoms with E-state index in [1.807, 2.05) is 0 Å². The number of pyridine rings is 1. The van der Waals surface area contributed by atoms with Crippen LogP contribution in [0.2, 0.25) is 0 Å². The van der Waals surface area contributed by atoms with Gasteiger partial charge in [-0.2, -0.15) is 0 Å². The molecule has 134 valence electrons. The number of carbonyl (C=O) groups excluding carboxylic acids is 1. The number of aromatic nitrogens is 1. The van der Waals surface area contributed by atoms with E-state index >= 15 is 0 Å². The number of hydrogen-bond acceptors (Lipinski definition) is 4. The highest BCUT2D eigenvalue weighted by Crippen LogP contribution is 2.36. The van der Waals surface area contributed by atoms with Crippen LogP contribution in [-0.4, -0.2) is 29.0 Å². The van der Waals surface area contributed by atoms with Crippen LogP contribution < -0.4 is 10.9 Å². The van der Waals surface area contributed by atoms with Gasteiger partial charge in [0.2, 0.25) is 0 Å². The SMILES string of the molecule is COC1(C)CCC(n2cccc(NC(=O)OC(C)(C)C)c2=O)CC1. The average molecular weight is 336 g/mol. The second kappa shape index (κ2) is 6.97. The number of rotatable bonds is 3. The van der Waals surface area contributed by atoms with E-state index in [2.05, 4.69) is 12.2 Å². The molecule has 0 aliphatic heterocycles. The third kappa shape index (κ3) is 4.60. The number of nitrogens with one attached hydrogen (secondary N) is 1. The molecule has 0 radical (unpaired) electrons. The molecule has 1 aromatic rings. The molecule has 0 aromatic carbocycles. The van der Waals surface area contributed by atoms with Crippen LogP contribution in [0.3, 0.4) is 0 Å². The molecule has 0 spiro atoms. The highest BCUT2D eigenvalue weighted by molar-refractivity contribution is 5.84. The van der Waals surface area contributed by atoms with Crippen LogP contribution in [0.1, 0.15) is 59.4 Å². The van der Waals surface area contributed by atoms with Gasteiger partial charge in [0.1, 0.15) is 11.3 Å². The van der Waals surface area contributed by atoms with E-state index in [4.69, 9.17) is 9.47 Å². The third-order valence-corrected chi connectivity index (χ3v) is 4.51. The molecule has 0 unspecified atom stereocenters. The monoisotopic (exact) mass is 336 g/mol. The minimum absolute atomic E-state index is 0.105. The lowest BCUT2D eigenvalue weighted by atomic mass is 9.83. The maximum atomic E-state index is 12.7. The second-order valence-corrected chi connectivity index (χ2v) is 7.65.